The molecule has 0 N–H and O–H groups in total. The highest BCUT2D eigenvalue weighted by atomic mass is 16.5. The van der Waals surface area contributed by atoms with E-state index in [9.17, 15) is 4.79 Å². The van der Waals surface area contributed by atoms with Crippen LogP contribution in [0.25, 0.3) is 0 Å². The number of carbonyl (C=O) groups excluding carboxylic acids is 1. The molecule has 0 bridgehead atoms. The van der Waals surface area contributed by atoms with Crippen LogP contribution in [0.5, 0.6) is 0 Å². The zero-order chi connectivity index (χ0) is 16.5. The molecule has 4 rings (SSSR count). The largest absolute Gasteiger partial charge is 0.370 e. The van der Waals surface area contributed by atoms with Crippen LogP contribution < -0.4 is 0 Å². The van der Waals surface area contributed by atoms with E-state index in [1.807, 2.05) is 19.4 Å². The number of fused-ring (bicyclic) bond motifs is 1. The average molecular weight is 331 g/mol. The van der Waals surface area contributed by atoms with E-state index in [4.69, 9.17) is 4.74 Å². The van der Waals surface area contributed by atoms with Gasteiger partial charge in [-0.2, -0.15) is 5.10 Å². The van der Waals surface area contributed by atoms with Crippen molar-refractivity contribution in [3.8, 4) is 0 Å². The molecule has 1 saturated heterocycles. The Bertz CT molecular complexity index is 585. The Morgan fingerprint density at radius 1 is 1.21 bits per heavy atom. The van der Waals surface area contributed by atoms with E-state index in [-0.39, 0.29) is 12.0 Å². The minimum Gasteiger partial charge on any atom is -0.370 e. The predicted molar refractivity (Wildman–Crippen MR) is 91.3 cm³/mol. The van der Waals surface area contributed by atoms with Gasteiger partial charge in [-0.3, -0.25) is 9.48 Å². The molecule has 5 nitrogen and oxygen atoms in total. The van der Waals surface area contributed by atoms with Crippen molar-refractivity contribution >= 4 is 5.91 Å². The number of aryl methyl sites for hydroxylation is 1. The highest BCUT2D eigenvalue weighted by molar-refractivity contribution is 5.79. The molecule has 1 aliphatic heterocycles. The summed E-state index contributed by atoms with van der Waals surface area (Å²) in [5.74, 6) is 2.32. The first kappa shape index (κ1) is 16.1. The zero-order valence-electron chi connectivity index (χ0n) is 14.7. The Morgan fingerprint density at radius 2 is 2.04 bits per heavy atom. The molecule has 0 aromatic carbocycles. The first-order valence-corrected chi connectivity index (χ1v) is 9.59. The van der Waals surface area contributed by atoms with E-state index < -0.39 is 0 Å². The van der Waals surface area contributed by atoms with Gasteiger partial charge in [-0.1, -0.05) is 25.7 Å². The SMILES string of the molecule is Cn1cc([C@@H]2CN(C(=O)[C@@H]3CC[C@H]4CCCC[C@@H]4C3)CCO2)cn1. The molecule has 24 heavy (non-hydrogen) atoms. The maximum Gasteiger partial charge on any atom is 0.225 e. The van der Waals surface area contributed by atoms with Crippen LogP contribution in [-0.2, 0) is 16.6 Å². The second-order valence-electron chi connectivity index (χ2n) is 7.91. The molecule has 5 heteroatoms. The second kappa shape index (κ2) is 6.87. The highest BCUT2D eigenvalue weighted by Crippen LogP contribution is 2.43. The van der Waals surface area contributed by atoms with Crippen LogP contribution in [0.15, 0.2) is 12.4 Å². The summed E-state index contributed by atoms with van der Waals surface area (Å²) in [6.45, 7) is 2.04. The van der Waals surface area contributed by atoms with Crippen LogP contribution in [-0.4, -0.2) is 40.3 Å². The molecule has 0 spiro atoms. The van der Waals surface area contributed by atoms with Crippen molar-refractivity contribution in [2.45, 2.75) is 51.0 Å². The van der Waals surface area contributed by atoms with Crippen LogP contribution in [0.4, 0.5) is 0 Å². The van der Waals surface area contributed by atoms with Crippen molar-refractivity contribution < 1.29 is 9.53 Å². The molecule has 132 valence electrons. The van der Waals surface area contributed by atoms with Gasteiger partial charge in [-0.15, -0.1) is 0 Å². The molecule has 1 aromatic rings. The zero-order valence-corrected chi connectivity index (χ0v) is 14.7. The standard InChI is InChI=1S/C19H29N3O2/c1-21-12-17(11-20-21)18-13-22(8-9-24-18)19(23)16-7-6-14-4-2-3-5-15(14)10-16/h11-12,14-16,18H,2-10,13H2,1H3/t14-,15-,16-,18+/m1/s1. The van der Waals surface area contributed by atoms with Crippen molar-refractivity contribution in [2.24, 2.45) is 24.8 Å². The van der Waals surface area contributed by atoms with E-state index in [2.05, 4.69) is 10.00 Å². The normalized spacial score (nSPS) is 34.0. The fourth-order valence-electron chi connectivity index (χ4n) is 5.01. The molecule has 0 unspecified atom stereocenters. The second-order valence-corrected chi connectivity index (χ2v) is 7.91. The minimum atomic E-state index is -0.0255. The van der Waals surface area contributed by atoms with Crippen molar-refractivity contribution in [3.63, 3.8) is 0 Å². The summed E-state index contributed by atoms with van der Waals surface area (Å²) in [4.78, 5) is 15.1. The summed E-state index contributed by atoms with van der Waals surface area (Å²) in [5.41, 5.74) is 1.07. The van der Waals surface area contributed by atoms with Crippen LogP contribution in [0.3, 0.4) is 0 Å². The summed E-state index contributed by atoms with van der Waals surface area (Å²) in [7, 11) is 1.91. The summed E-state index contributed by atoms with van der Waals surface area (Å²) in [6.07, 6.45) is 12.8. The van der Waals surface area contributed by atoms with Gasteiger partial charge in [0, 0.05) is 31.3 Å². The van der Waals surface area contributed by atoms with Crippen molar-refractivity contribution in [1.82, 2.24) is 14.7 Å². The predicted octanol–water partition coefficient (Wildman–Crippen LogP) is 2.93. The number of aromatic nitrogens is 2. The third kappa shape index (κ3) is 3.23. The molecule has 4 atom stereocenters. The number of rotatable bonds is 2. The minimum absolute atomic E-state index is 0.0255. The average Bonchev–Trinajstić information content (AvgIpc) is 3.07. The summed E-state index contributed by atoms with van der Waals surface area (Å²) >= 11 is 0. The Kier molecular flexibility index (Phi) is 4.61. The first-order valence-electron chi connectivity index (χ1n) is 9.59. The van der Waals surface area contributed by atoms with Crippen molar-refractivity contribution in [3.05, 3.63) is 18.0 Å². The molecule has 1 amide bonds. The quantitative estimate of drug-likeness (QED) is 0.837. The van der Waals surface area contributed by atoms with Crippen LogP contribution in [0, 0.1) is 17.8 Å². The van der Waals surface area contributed by atoms with E-state index in [0.717, 1.165) is 36.8 Å². The molecule has 3 aliphatic rings. The molecule has 0 radical (unpaired) electrons. The molecule has 1 aromatic heterocycles. The van der Waals surface area contributed by atoms with E-state index >= 15 is 0 Å². The number of nitrogens with zero attached hydrogens (tertiary/aromatic N) is 3. The monoisotopic (exact) mass is 331 g/mol. The highest BCUT2D eigenvalue weighted by Gasteiger charge is 2.37. The number of hydrogen-bond donors (Lipinski definition) is 0. The Morgan fingerprint density at radius 3 is 2.83 bits per heavy atom. The lowest BCUT2D eigenvalue weighted by atomic mass is 9.67. The van der Waals surface area contributed by atoms with Crippen molar-refractivity contribution in [1.29, 1.82) is 0 Å². The summed E-state index contributed by atoms with van der Waals surface area (Å²) in [5, 5.41) is 4.23. The molecule has 2 heterocycles. The molecular formula is C19H29N3O2. The van der Waals surface area contributed by atoms with Gasteiger partial charge in [0.15, 0.2) is 0 Å². The molecule has 2 aliphatic carbocycles. The lowest BCUT2D eigenvalue weighted by Gasteiger charge is -2.41. The number of amides is 1. The van der Waals surface area contributed by atoms with Gasteiger partial charge >= 0.3 is 0 Å². The smallest absolute Gasteiger partial charge is 0.225 e. The third-order valence-electron chi connectivity index (χ3n) is 6.36. The molecule has 3 fully saturated rings. The first-order chi connectivity index (χ1) is 11.7. The Balaban J connectivity index is 1.38. The van der Waals surface area contributed by atoms with E-state index in [1.54, 1.807) is 4.68 Å². The topological polar surface area (TPSA) is 47.4 Å². The summed E-state index contributed by atoms with van der Waals surface area (Å²) < 4.78 is 7.68. The summed E-state index contributed by atoms with van der Waals surface area (Å²) in [6, 6.07) is 0. The maximum absolute atomic E-state index is 13.1. The number of ether oxygens (including phenoxy) is 1. The fraction of sp³-hybridized carbons (Fsp3) is 0.789. The van der Waals surface area contributed by atoms with Gasteiger partial charge < -0.3 is 9.64 Å². The fourth-order valence-corrected chi connectivity index (χ4v) is 5.01. The van der Waals surface area contributed by atoms with Crippen LogP contribution in [0.2, 0.25) is 0 Å². The van der Waals surface area contributed by atoms with Gasteiger partial charge in [0.2, 0.25) is 5.91 Å². The third-order valence-corrected chi connectivity index (χ3v) is 6.36. The maximum atomic E-state index is 13.1. The Labute approximate surface area is 144 Å². The van der Waals surface area contributed by atoms with Gasteiger partial charge in [-0.05, 0) is 31.1 Å². The van der Waals surface area contributed by atoms with Gasteiger partial charge in [0.25, 0.3) is 0 Å². The van der Waals surface area contributed by atoms with Gasteiger partial charge in [0.1, 0.15) is 6.10 Å². The van der Waals surface area contributed by atoms with Gasteiger partial charge in [0.05, 0.1) is 19.3 Å². The van der Waals surface area contributed by atoms with Crippen LogP contribution >= 0.6 is 0 Å². The van der Waals surface area contributed by atoms with Gasteiger partial charge in [-0.25, -0.2) is 0 Å². The van der Waals surface area contributed by atoms with E-state index in [0.29, 0.717) is 19.1 Å². The number of morpholine rings is 1. The van der Waals surface area contributed by atoms with Crippen molar-refractivity contribution in [2.75, 3.05) is 19.7 Å². The van der Waals surface area contributed by atoms with E-state index in [1.165, 1.54) is 32.1 Å². The lowest BCUT2D eigenvalue weighted by Crippen LogP contribution is -2.46. The number of carbonyl (C=O) groups is 1. The molecule has 2 saturated carbocycles. The lowest BCUT2D eigenvalue weighted by molar-refractivity contribution is -0.145. The number of hydrogen-bond acceptors (Lipinski definition) is 3. The molecular weight excluding hydrogens is 302 g/mol. The van der Waals surface area contributed by atoms with Crippen LogP contribution in [0.1, 0.15) is 56.6 Å². The Hall–Kier alpha value is -1.36.